The normalized spacial score (nSPS) is 11.5. The Labute approximate surface area is 147 Å². The maximum absolute atomic E-state index is 13.1. The first-order chi connectivity index (χ1) is 11.4. The highest BCUT2D eigenvalue weighted by molar-refractivity contribution is 9.10. The van der Waals surface area contributed by atoms with Crippen molar-refractivity contribution < 1.29 is 23.4 Å². The Kier molecular flexibility index (Phi) is 6.03. The predicted octanol–water partition coefficient (Wildman–Crippen LogP) is 4.01. The van der Waals surface area contributed by atoms with Gasteiger partial charge in [0.15, 0.2) is 6.10 Å². The molecule has 0 saturated heterocycles. The van der Waals surface area contributed by atoms with Crippen LogP contribution in [0.15, 0.2) is 40.9 Å². The fourth-order valence-corrected chi connectivity index (χ4v) is 2.41. The molecular formula is C17H17BrFNO4. The molecule has 1 unspecified atom stereocenters. The predicted molar refractivity (Wildman–Crippen MR) is 92.4 cm³/mol. The van der Waals surface area contributed by atoms with Gasteiger partial charge in [-0.3, -0.25) is 4.79 Å². The van der Waals surface area contributed by atoms with Gasteiger partial charge >= 0.3 is 0 Å². The topological polar surface area (TPSA) is 56.8 Å². The van der Waals surface area contributed by atoms with Gasteiger partial charge < -0.3 is 19.5 Å². The lowest BCUT2D eigenvalue weighted by atomic mass is 10.2. The van der Waals surface area contributed by atoms with E-state index < -0.39 is 11.9 Å². The molecule has 0 radical (unpaired) electrons. The molecule has 2 aromatic carbocycles. The lowest BCUT2D eigenvalue weighted by Gasteiger charge is -2.17. The summed E-state index contributed by atoms with van der Waals surface area (Å²) in [5.41, 5.74) is 0.468. The number of rotatable bonds is 6. The molecule has 24 heavy (non-hydrogen) atoms. The molecule has 1 atom stereocenters. The molecule has 0 saturated carbocycles. The Balaban J connectivity index is 2.11. The molecule has 0 heterocycles. The number of carbonyl (C=O) groups excluding carboxylic acids is 1. The largest absolute Gasteiger partial charge is 0.497 e. The molecule has 2 rings (SSSR count). The zero-order valence-corrected chi connectivity index (χ0v) is 15.0. The highest BCUT2D eigenvalue weighted by Crippen LogP contribution is 2.30. The van der Waals surface area contributed by atoms with Crippen molar-refractivity contribution in [1.82, 2.24) is 0 Å². The number of halogens is 2. The Hall–Kier alpha value is -2.28. The fourth-order valence-electron chi connectivity index (χ4n) is 1.96. The maximum atomic E-state index is 13.1. The third kappa shape index (κ3) is 4.38. The van der Waals surface area contributed by atoms with Crippen molar-refractivity contribution in [3.8, 4) is 17.2 Å². The summed E-state index contributed by atoms with van der Waals surface area (Å²) in [5, 5.41) is 2.73. The van der Waals surface area contributed by atoms with Crippen LogP contribution in [0.5, 0.6) is 17.2 Å². The number of amides is 1. The number of hydrogen-bond acceptors (Lipinski definition) is 4. The lowest BCUT2D eigenvalue weighted by Crippen LogP contribution is -2.30. The zero-order chi connectivity index (χ0) is 17.7. The van der Waals surface area contributed by atoms with E-state index in [0.29, 0.717) is 27.4 Å². The molecule has 0 fully saturated rings. The van der Waals surface area contributed by atoms with Gasteiger partial charge in [-0.1, -0.05) is 0 Å². The first kappa shape index (κ1) is 18.1. The molecule has 0 aliphatic heterocycles. The van der Waals surface area contributed by atoms with Crippen LogP contribution in [0.2, 0.25) is 0 Å². The van der Waals surface area contributed by atoms with Crippen molar-refractivity contribution >= 4 is 27.5 Å². The number of hydrogen-bond donors (Lipinski definition) is 1. The summed E-state index contributed by atoms with van der Waals surface area (Å²) >= 11 is 3.20. The zero-order valence-electron chi connectivity index (χ0n) is 13.4. The molecule has 1 amide bonds. The lowest BCUT2D eigenvalue weighted by molar-refractivity contribution is -0.122. The minimum absolute atomic E-state index is 0.372. The van der Waals surface area contributed by atoms with Crippen molar-refractivity contribution in [2.24, 2.45) is 0 Å². The molecule has 1 N–H and O–H groups in total. The highest BCUT2D eigenvalue weighted by atomic mass is 79.9. The summed E-state index contributed by atoms with van der Waals surface area (Å²) in [6, 6.07) is 9.05. The average molecular weight is 398 g/mol. The summed E-state index contributed by atoms with van der Waals surface area (Å²) in [6.07, 6.45) is -0.803. The van der Waals surface area contributed by atoms with E-state index in [4.69, 9.17) is 14.2 Å². The van der Waals surface area contributed by atoms with Crippen molar-refractivity contribution in [2.45, 2.75) is 13.0 Å². The molecule has 7 heteroatoms. The van der Waals surface area contributed by atoms with Gasteiger partial charge in [-0.05, 0) is 53.2 Å². The van der Waals surface area contributed by atoms with Crippen LogP contribution in [0.1, 0.15) is 6.92 Å². The molecule has 0 aromatic heterocycles. The van der Waals surface area contributed by atoms with Gasteiger partial charge in [0, 0.05) is 6.07 Å². The van der Waals surface area contributed by atoms with Crippen molar-refractivity contribution in [2.75, 3.05) is 19.5 Å². The van der Waals surface area contributed by atoms with Crippen LogP contribution < -0.4 is 19.5 Å². The van der Waals surface area contributed by atoms with Gasteiger partial charge in [-0.2, -0.15) is 0 Å². The van der Waals surface area contributed by atoms with E-state index in [2.05, 4.69) is 21.2 Å². The number of carbonyl (C=O) groups is 1. The third-order valence-corrected chi connectivity index (χ3v) is 3.85. The monoisotopic (exact) mass is 397 g/mol. The number of methoxy groups -OCH3 is 2. The van der Waals surface area contributed by atoms with E-state index in [1.54, 1.807) is 25.1 Å². The van der Waals surface area contributed by atoms with Crippen molar-refractivity contribution in [1.29, 1.82) is 0 Å². The fraction of sp³-hybridized carbons (Fsp3) is 0.235. The van der Waals surface area contributed by atoms with Gasteiger partial charge in [0.25, 0.3) is 5.91 Å². The van der Waals surface area contributed by atoms with E-state index in [1.807, 2.05) is 0 Å². The highest BCUT2D eigenvalue weighted by Gasteiger charge is 2.18. The van der Waals surface area contributed by atoms with Crippen LogP contribution >= 0.6 is 15.9 Å². The van der Waals surface area contributed by atoms with Crippen molar-refractivity contribution in [3.63, 3.8) is 0 Å². The van der Waals surface area contributed by atoms with Gasteiger partial charge in [-0.25, -0.2) is 4.39 Å². The molecule has 0 bridgehead atoms. The van der Waals surface area contributed by atoms with E-state index in [1.165, 1.54) is 32.4 Å². The first-order valence-electron chi connectivity index (χ1n) is 7.09. The number of benzene rings is 2. The smallest absolute Gasteiger partial charge is 0.265 e. The van der Waals surface area contributed by atoms with Crippen LogP contribution in [0.4, 0.5) is 10.1 Å². The average Bonchev–Trinajstić information content (AvgIpc) is 2.57. The van der Waals surface area contributed by atoms with E-state index in [-0.39, 0.29) is 5.91 Å². The van der Waals surface area contributed by atoms with E-state index in [9.17, 15) is 9.18 Å². The van der Waals surface area contributed by atoms with Crippen LogP contribution in [0, 0.1) is 5.82 Å². The first-order valence-corrected chi connectivity index (χ1v) is 7.88. The molecule has 128 valence electrons. The molecule has 0 spiro atoms. The van der Waals surface area contributed by atoms with Gasteiger partial charge in [-0.15, -0.1) is 0 Å². The second kappa shape index (κ2) is 8.01. The van der Waals surface area contributed by atoms with Crippen LogP contribution in [0.3, 0.4) is 0 Å². The Morgan fingerprint density at radius 2 is 1.83 bits per heavy atom. The standard InChI is InChI=1S/C17H17BrFNO4/c1-10(24-15-6-4-11(19)8-13(15)18)17(21)20-14-9-12(22-2)5-7-16(14)23-3/h4-10H,1-3H3,(H,20,21). The quantitative estimate of drug-likeness (QED) is 0.799. The summed E-state index contributed by atoms with van der Waals surface area (Å²) < 4.78 is 29.4. The summed E-state index contributed by atoms with van der Waals surface area (Å²) in [5.74, 6) is 0.683. The van der Waals surface area contributed by atoms with E-state index in [0.717, 1.165) is 0 Å². The summed E-state index contributed by atoms with van der Waals surface area (Å²) in [4.78, 5) is 12.3. The minimum Gasteiger partial charge on any atom is -0.497 e. The molecule has 0 aliphatic rings. The summed E-state index contributed by atoms with van der Waals surface area (Å²) in [6.45, 7) is 1.60. The maximum Gasteiger partial charge on any atom is 0.265 e. The SMILES string of the molecule is COc1ccc(OC)c(NC(=O)C(C)Oc2ccc(F)cc2Br)c1. The number of ether oxygens (including phenoxy) is 3. The van der Waals surface area contributed by atoms with Crippen molar-refractivity contribution in [3.05, 3.63) is 46.7 Å². The number of nitrogens with one attached hydrogen (secondary N) is 1. The van der Waals surface area contributed by atoms with Gasteiger partial charge in [0.1, 0.15) is 23.1 Å². The Bertz CT molecular complexity index is 739. The minimum atomic E-state index is -0.803. The Morgan fingerprint density at radius 1 is 1.12 bits per heavy atom. The number of anilines is 1. The van der Waals surface area contributed by atoms with Crippen LogP contribution in [-0.4, -0.2) is 26.2 Å². The Morgan fingerprint density at radius 3 is 2.46 bits per heavy atom. The molecule has 0 aliphatic carbocycles. The third-order valence-electron chi connectivity index (χ3n) is 3.23. The van der Waals surface area contributed by atoms with Gasteiger partial charge in [0.2, 0.25) is 0 Å². The van der Waals surface area contributed by atoms with Crippen LogP contribution in [-0.2, 0) is 4.79 Å². The molecular weight excluding hydrogens is 381 g/mol. The second-order valence-corrected chi connectivity index (χ2v) is 5.74. The van der Waals surface area contributed by atoms with Gasteiger partial charge in [0.05, 0.1) is 24.4 Å². The second-order valence-electron chi connectivity index (χ2n) is 4.89. The summed E-state index contributed by atoms with van der Waals surface area (Å²) in [7, 11) is 3.04. The molecule has 2 aromatic rings. The van der Waals surface area contributed by atoms with Crippen LogP contribution in [0.25, 0.3) is 0 Å². The molecule has 5 nitrogen and oxygen atoms in total. The van der Waals surface area contributed by atoms with E-state index >= 15 is 0 Å².